The number of amides is 1. The van der Waals surface area contributed by atoms with Crippen molar-refractivity contribution in [1.29, 1.82) is 0 Å². The van der Waals surface area contributed by atoms with E-state index in [9.17, 15) is 18.0 Å². The van der Waals surface area contributed by atoms with Crippen LogP contribution in [0.4, 0.5) is 13.2 Å². The van der Waals surface area contributed by atoms with Crippen LogP contribution in [0.15, 0.2) is 48.5 Å². The summed E-state index contributed by atoms with van der Waals surface area (Å²) in [5, 5.41) is 11.7. The van der Waals surface area contributed by atoms with E-state index in [1.54, 1.807) is 18.2 Å². The van der Waals surface area contributed by atoms with Crippen LogP contribution in [0.25, 0.3) is 0 Å². The van der Waals surface area contributed by atoms with E-state index in [-0.39, 0.29) is 35.9 Å². The van der Waals surface area contributed by atoms with Crippen LogP contribution in [-0.4, -0.2) is 17.4 Å². The van der Waals surface area contributed by atoms with Crippen molar-refractivity contribution in [3.05, 3.63) is 59.7 Å². The third kappa shape index (κ3) is 5.54. The number of aromatic hydroxyl groups is 1. The molecule has 2 N–H and O–H groups in total. The highest BCUT2D eigenvalue weighted by Crippen LogP contribution is 2.26. The Hall–Kier alpha value is -2.70. The number of phenols is 1. The molecule has 2 aromatic rings. The van der Waals surface area contributed by atoms with E-state index in [0.29, 0.717) is 5.56 Å². The number of ether oxygens (including phenoxy) is 1. The van der Waals surface area contributed by atoms with E-state index in [1.807, 2.05) is 0 Å². The van der Waals surface area contributed by atoms with Crippen molar-refractivity contribution in [1.82, 2.24) is 5.32 Å². The maximum absolute atomic E-state index is 12.3. The number of alkyl halides is 3. The first-order valence-corrected chi connectivity index (χ1v) is 6.72. The van der Waals surface area contributed by atoms with Crippen LogP contribution >= 0.6 is 0 Å². The van der Waals surface area contributed by atoms with Gasteiger partial charge in [0.25, 0.3) is 0 Å². The molecular formula is C16H14F3NO3. The summed E-state index contributed by atoms with van der Waals surface area (Å²) < 4.78 is 40.8. The first-order chi connectivity index (χ1) is 10.8. The Balaban J connectivity index is 1.95. The summed E-state index contributed by atoms with van der Waals surface area (Å²) in [6.45, 7) is -0.0802. The van der Waals surface area contributed by atoms with Gasteiger partial charge in [-0.15, -0.1) is 13.2 Å². The Labute approximate surface area is 130 Å². The maximum atomic E-state index is 12.3. The molecule has 1 amide bonds. The molecule has 7 heteroatoms. The topological polar surface area (TPSA) is 58.6 Å². The molecule has 4 nitrogen and oxygen atoms in total. The molecule has 0 spiro atoms. The van der Waals surface area contributed by atoms with E-state index in [1.165, 1.54) is 30.3 Å². The average molecular weight is 325 g/mol. The second kappa shape index (κ2) is 7.04. The van der Waals surface area contributed by atoms with E-state index in [4.69, 9.17) is 5.11 Å². The third-order valence-corrected chi connectivity index (χ3v) is 2.98. The summed E-state index contributed by atoms with van der Waals surface area (Å²) in [6, 6.07) is 11.7. The molecule has 2 aromatic carbocycles. The molecular weight excluding hydrogens is 311 g/mol. The molecule has 0 aliphatic carbocycles. The summed E-state index contributed by atoms with van der Waals surface area (Å²) >= 11 is 0. The highest BCUT2D eigenvalue weighted by atomic mass is 19.4. The fourth-order valence-electron chi connectivity index (χ4n) is 1.93. The van der Waals surface area contributed by atoms with Crippen molar-refractivity contribution >= 4 is 5.91 Å². The average Bonchev–Trinajstić information content (AvgIpc) is 2.47. The van der Waals surface area contributed by atoms with Crippen molar-refractivity contribution in [2.45, 2.75) is 19.3 Å². The van der Waals surface area contributed by atoms with E-state index in [0.717, 1.165) is 0 Å². The van der Waals surface area contributed by atoms with Crippen molar-refractivity contribution in [3.8, 4) is 11.5 Å². The van der Waals surface area contributed by atoms with Gasteiger partial charge in [-0.25, -0.2) is 0 Å². The minimum Gasteiger partial charge on any atom is -0.508 e. The van der Waals surface area contributed by atoms with Crippen LogP contribution in [0.2, 0.25) is 0 Å². The van der Waals surface area contributed by atoms with Gasteiger partial charge in [0.1, 0.15) is 11.5 Å². The van der Waals surface area contributed by atoms with Crippen LogP contribution < -0.4 is 10.1 Å². The molecule has 0 aromatic heterocycles. The number of carbonyl (C=O) groups is 1. The van der Waals surface area contributed by atoms with Gasteiger partial charge in [-0.1, -0.05) is 30.3 Å². The summed E-state index contributed by atoms with van der Waals surface area (Å²) in [7, 11) is 0. The number of rotatable bonds is 5. The molecule has 0 aliphatic rings. The van der Waals surface area contributed by atoms with Crippen molar-refractivity contribution in [2.24, 2.45) is 0 Å². The zero-order chi connectivity index (χ0) is 16.9. The number of para-hydroxylation sites is 1. The van der Waals surface area contributed by atoms with Gasteiger partial charge in [0.15, 0.2) is 0 Å². The van der Waals surface area contributed by atoms with Gasteiger partial charge in [0.2, 0.25) is 5.91 Å². The molecule has 0 atom stereocenters. The Kier molecular flexibility index (Phi) is 5.10. The minimum atomic E-state index is -4.79. The van der Waals surface area contributed by atoms with Crippen LogP contribution in [0, 0.1) is 0 Å². The van der Waals surface area contributed by atoms with Gasteiger partial charge in [0.05, 0.1) is 6.42 Å². The fourth-order valence-corrected chi connectivity index (χ4v) is 1.93. The Morgan fingerprint density at radius 1 is 1.09 bits per heavy atom. The minimum absolute atomic E-state index is 0.0581. The molecule has 0 saturated carbocycles. The molecule has 0 unspecified atom stereocenters. The number of benzene rings is 2. The van der Waals surface area contributed by atoms with Crippen molar-refractivity contribution < 1.29 is 27.8 Å². The monoisotopic (exact) mass is 325 g/mol. The van der Waals surface area contributed by atoms with E-state index < -0.39 is 6.36 Å². The zero-order valence-corrected chi connectivity index (χ0v) is 11.9. The molecule has 0 fully saturated rings. The van der Waals surface area contributed by atoms with E-state index >= 15 is 0 Å². The van der Waals surface area contributed by atoms with Gasteiger partial charge in [-0.2, -0.15) is 0 Å². The van der Waals surface area contributed by atoms with Crippen molar-refractivity contribution in [2.75, 3.05) is 0 Å². The SMILES string of the molecule is O=C(Cc1ccc(O)cc1)NCc1ccccc1OC(F)(F)F. The van der Waals surface area contributed by atoms with Gasteiger partial charge in [-0.3, -0.25) is 4.79 Å². The summed E-state index contributed by atoms with van der Waals surface area (Å²) in [5.41, 5.74) is 0.906. The zero-order valence-electron chi connectivity index (χ0n) is 11.9. The maximum Gasteiger partial charge on any atom is 0.573 e. The number of phenolic OH excluding ortho intramolecular Hbond substituents is 1. The molecule has 0 radical (unpaired) electrons. The van der Waals surface area contributed by atoms with Crippen LogP contribution in [0.3, 0.4) is 0 Å². The number of carbonyl (C=O) groups excluding carboxylic acids is 1. The standard InChI is InChI=1S/C16H14F3NO3/c17-16(18,19)23-14-4-2-1-3-12(14)10-20-15(22)9-11-5-7-13(21)8-6-11/h1-8,21H,9-10H2,(H,20,22). The first-order valence-electron chi connectivity index (χ1n) is 6.72. The number of hydrogen-bond acceptors (Lipinski definition) is 3. The predicted octanol–water partition coefficient (Wildman–Crippen LogP) is 3.15. The van der Waals surface area contributed by atoms with Crippen LogP contribution in [0.1, 0.15) is 11.1 Å². The smallest absolute Gasteiger partial charge is 0.508 e. The lowest BCUT2D eigenvalue weighted by Crippen LogP contribution is -2.25. The number of hydrogen-bond donors (Lipinski definition) is 2. The van der Waals surface area contributed by atoms with Crippen molar-refractivity contribution in [3.63, 3.8) is 0 Å². The Morgan fingerprint density at radius 3 is 2.39 bits per heavy atom. The lowest BCUT2D eigenvalue weighted by molar-refractivity contribution is -0.274. The molecule has 23 heavy (non-hydrogen) atoms. The van der Waals surface area contributed by atoms with Gasteiger partial charge < -0.3 is 15.2 Å². The second-order valence-corrected chi connectivity index (χ2v) is 4.78. The Bertz CT molecular complexity index is 669. The molecule has 0 aliphatic heterocycles. The quantitative estimate of drug-likeness (QED) is 0.888. The summed E-state index contributed by atoms with van der Waals surface area (Å²) in [5.74, 6) is -0.602. The molecule has 0 saturated heterocycles. The normalized spacial score (nSPS) is 11.1. The number of nitrogens with one attached hydrogen (secondary N) is 1. The number of halogens is 3. The highest BCUT2D eigenvalue weighted by Gasteiger charge is 2.31. The predicted molar refractivity (Wildman–Crippen MR) is 76.8 cm³/mol. The molecule has 0 bridgehead atoms. The summed E-state index contributed by atoms with van der Waals surface area (Å²) in [6.07, 6.45) is -4.73. The van der Waals surface area contributed by atoms with Crippen LogP contribution in [-0.2, 0) is 17.8 Å². The summed E-state index contributed by atoms with van der Waals surface area (Å²) in [4.78, 5) is 11.8. The van der Waals surface area contributed by atoms with E-state index in [2.05, 4.69) is 10.1 Å². The largest absolute Gasteiger partial charge is 0.573 e. The van der Waals surface area contributed by atoms with Crippen LogP contribution in [0.5, 0.6) is 11.5 Å². The lowest BCUT2D eigenvalue weighted by Gasteiger charge is -2.13. The van der Waals surface area contributed by atoms with Gasteiger partial charge >= 0.3 is 6.36 Å². The second-order valence-electron chi connectivity index (χ2n) is 4.78. The fraction of sp³-hybridized carbons (Fsp3) is 0.188. The Morgan fingerprint density at radius 2 is 1.74 bits per heavy atom. The molecule has 0 heterocycles. The van der Waals surface area contributed by atoms with Gasteiger partial charge in [-0.05, 0) is 23.8 Å². The third-order valence-electron chi connectivity index (χ3n) is 2.98. The first kappa shape index (κ1) is 16.7. The lowest BCUT2D eigenvalue weighted by atomic mass is 10.1. The highest BCUT2D eigenvalue weighted by molar-refractivity contribution is 5.78. The molecule has 2 rings (SSSR count). The van der Waals surface area contributed by atoms with Gasteiger partial charge in [0, 0.05) is 12.1 Å². The molecule has 122 valence electrons.